The lowest BCUT2D eigenvalue weighted by Gasteiger charge is -2.20. The minimum atomic E-state index is -0.447. The normalized spacial score (nSPS) is 14.5. The van der Waals surface area contributed by atoms with Crippen LogP contribution in [0.2, 0.25) is 0 Å². The summed E-state index contributed by atoms with van der Waals surface area (Å²) in [7, 11) is 0. The van der Waals surface area contributed by atoms with Crippen molar-refractivity contribution in [3.8, 4) is 0 Å². The molecule has 1 aliphatic carbocycles. The molecule has 4 nitrogen and oxygen atoms in total. The molecule has 0 aliphatic heterocycles. The molecule has 24 heavy (non-hydrogen) atoms. The summed E-state index contributed by atoms with van der Waals surface area (Å²) in [4.78, 5) is 6.79. The van der Waals surface area contributed by atoms with E-state index < -0.39 is 11.6 Å². The highest BCUT2D eigenvalue weighted by Gasteiger charge is 2.27. The second-order valence-corrected chi connectivity index (χ2v) is 5.72. The first-order valence-corrected chi connectivity index (χ1v) is 8.34. The van der Waals surface area contributed by atoms with E-state index in [1.807, 2.05) is 6.92 Å². The van der Waals surface area contributed by atoms with Gasteiger partial charge < -0.3 is 10.6 Å². The molecule has 0 heterocycles. The summed E-state index contributed by atoms with van der Waals surface area (Å²) >= 11 is 0. The van der Waals surface area contributed by atoms with Gasteiger partial charge in [0, 0.05) is 31.2 Å². The van der Waals surface area contributed by atoms with Crippen LogP contribution in [-0.4, -0.2) is 43.1 Å². The zero-order chi connectivity index (χ0) is 16.7. The third-order valence-corrected chi connectivity index (χ3v) is 3.92. The van der Waals surface area contributed by atoms with Crippen LogP contribution >= 0.6 is 24.0 Å². The van der Waals surface area contributed by atoms with Crippen molar-refractivity contribution in [3.05, 3.63) is 35.4 Å². The van der Waals surface area contributed by atoms with E-state index in [2.05, 4.69) is 27.4 Å². The molecule has 0 spiro atoms. The lowest BCUT2D eigenvalue weighted by atomic mass is 10.2. The predicted octanol–water partition coefficient (Wildman–Crippen LogP) is 3.12. The van der Waals surface area contributed by atoms with Crippen LogP contribution < -0.4 is 10.6 Å². The van der Waals surface area contributed by atoms with E-state index in [-0.39, 0.29) is 36.1 Å². The SMILES string of the molecule is CCNC(=NCc1cc(F)ccc1F)NCCN(CC)C1CC1.I. The molecular formula is C17H27F2IN4. The van der Waals surface area contributed by atoms with Crippen molar-refractivity contribution in [2.75, 3.05) is 26.2 Å². The summed E-state index contributed by atoms with van der Waals surface area (Å²) in [5.74, 6) is -0.252. The first-order chi connectivity index (χ1) is 11.1. The molecule has 0 amide bonds. The third kappa shape index (κ3) is 6.88. The highest BCUT2D eigenvalue weighted by atomic mass is 127. The number of hydrogen-bond acceptors (Lipinski definition) is 2. The number of nitrogens with zero attached hydrogens (tertiary/aromatic N) is 2. The molecule has 0 atom stereocenters. The van der Waals surface area contributed by atoms with Crippen molar-refractivity contribution in [2.24, 2.45) is 4.99 Å². The Bertz CT molecular complexity index is 535. The van der Waals surface area contributed by atoms with Gasteiger partial charge >= 0.3 is 0 Å². The van der Waals surface area contributed by atoms with Crippen LogP contribution in [-0.2, 0) is 6.54 Å². The predicted molar refractivity (Wildman–Crippen MR) is 105 cm³/mol. The zero-order valence-corrected chi connectivity index (χ0v) is 16.6. The molecule has 1 saturated carbocycles. The average molecular weight is 452 g/mol. The van der Waals surface area contributed by atoms with E-state index >= 15 is 0 Å². The van der Waals surface area contributed by atoms with Crippen LogP contribution in [0.4, 0.5) is 8.78 Å². The number of likely N-dealkylation sites (N-methyl/N-ethyl adjacent to an activating group) is 1. The first kappa shape index (κ1) is 21.1. The fraction of sp³-hybridized carbons (Fsp3) is 0.588. The zero-order valence-electron chi connectivity index (χ0n) is 14.3. The molecule has 0 aromatic heterocycles. The van der Waals surface area contributed by atoms with Gasteiger partial charge in [-0.25, -0.2) is 13.8 Å². The van der Waals surface area contributed by atoms with Gasteiger partial charge in [-0.15, -0.1) is 24.0 Å². The molecule has 2 rings (SSSR count). The molecule has 1 aliphatic rings. The number of benzene rings is 1. The van der Waals surface area contributed by atoms with E-state index in [1.165, 1.54) is 18.9 Å². The van der Waals surface area contributed by atoms with E-state index in [0.717, 1.165) is 44.4 Å². The average Bonchev–Trinajstić information content (AvgIpc) is 3.37. The van der Waals surface area contributed by atoms with Gasteiger partial charge in [0.05, 0.1) is 6.54 Å². The Kier molecular flexibility index (Phi) is 9.50. The van der Waals surface area contributed by atoms with Crippen LogP contribution in [0, 0.1) is 11.6 Å². The molecule has 136 valence electrons. The Labute approximate surface area is 160 Å². The second-order valence-electron chi connectivity index (χ2n) is 5.72. The van der Waals surface area contributed by atoms with Crippen molar-refractivity contribution < 1.29 is 8.78 Å². The second kappa shape index (κ2) is 10.8. The summed E-state index contributed by atoms with van der Waals surface area (Å²) in [6.45, 7) is 7.76. The van der Waals surface area contributed by atoms with Crippen molar-refractivity contribution >= 4 is 29.9 Å². The van der Waals surface area contributed by atoms with E-state index in [9.17, 15) is 8.78 Å². The van der Waals surface area contributed by atoms with E-state index in [0.29, 0.717) is 5.96 Å². The number of rotatable bonds is 8. The van der Waals surface area contributed by atoms with Gasteiger partial charge in [-0.2, -0.15) is 0 Å². The van der Waals surface area contributed by atoms with Crippen LogP contribution in [0.1, 0.15) is 32.3 Å². The van der Waals surface area contributed by atoms with Crippen molar-refractivity contribution in [1.29, 1.82) is 0 Å². The summed E-state index contributed by atoms with van der Waals surface area (Å²) in [6.07, 6.45) is 2.59. The first-order valence-electron chi connectivity index (χ1n) is 8.34. The summed E-state index contributed by atoms with van der Waals surface area (Å²) in [5, 5.41) is 6.38. The van der Waals surface area contributed by atoms with Gasteiger partial charge in [0.25, 0.3) is 0 Å². The van der Waals surface area contributed by atoms with Gasteiger partial charge in [-0.3, -0.25) is 4.90 Å². The molecule has 1 aromatic rings. The Morgan fingerprint density at radius 2 is 2.00 bits per heavy atom. The third-order valence-electron chi connectivity index (χ3n) is 3.92. The highest BCUT2D eigenvalue weighted by Crippen LogP contribution is 2.25. The summed E-state index contributed by atoms with van der Waals surface area (Å²) in [6, 6.07) is 4.18. The minimum absolute atomic E-state index is 0. The van der Waals surface area contributed by atoms with Gasteiger partial charge in [-0.1, -0.05) is 6.92 Å². The fourth-order valence-corrected chi connectivity index (χ4v) is 2.53. The summed E-state index contributed by atoms with van der Waals surface area (Å²) in [5.41, 5.74) is 0.260. The maximum Gasteiger partial charge on any atom is 0.191 e. The van der Waals surface area contributed by atoms with Crippen molar-refractivity contribution in [3.63, 3.8) is 0 Å². The standard InChI is InChI=1S/C17H26F2N4.HI/c1-3-20-17(21-9-10-23(4-2)15-6-7-15)22-12-13-11-14(18)5-8-16(13)19;/h5,8,11,15H,3-4,6-7,9-10,12H2,1-2H3,(H2,20,21,22);1H. The Balaban J connectivity index is 0.00000288. The molecule has 1 fully saturated rings. The number of guanidine groups is 1. The Morgan fingerprint density at radius 3 is 2.62 bits per heavy atom. The Hall–Kier alpha value is -0.960. The lowest BCUT2D eigenvalue weighted by molar-refractivity contribution is 0.282. The number of nitrogens with one attached hydrogen (secondary N) is 2. The van der Waals surface area contributed by atoms with Gasteiger partial charge in [0.1, 0.15) is 11.6 Å². The maximum absolute atomic E-state index is 13.6. The quantitative estimate of drug-likeness (QED) is 0.362. The fourth-order valence-electron chi connectivity index (χ4n) is 2.53. The molecule has 0 unspecified atom stereocenters. The maximum atomic E-state index is 13.6. The van der Waals surface area contributed by atoms with Crippen LogP contribution in [0.15, 0.2) is 23.2 Å². The number of aliphatic imine (C=N–C) groups is 1. The van der Waals surface area contributed by atoms with Crippen LogP contribution in [0.25, 0.3) is 0 Å². The van der Waals surface area contributed by atoms with Crippen molar-refractivity contribution in [2.45, 2.75) is 39.3 Å². The molecular weight excluding hydrogens is 425 g/mol. The van der Waals surface area contributed by atoms with Crippen LogP contribution in [0.5, 0.6) is 0 Å². The number of hydrogen-bond donors (Lipinski definition) is 2. The topological polar surface area (TPSA) is 39.7 Å². The molecule has 0 radical (unpaired) electrons. The van der Waals surface area contributed by atoms with E-state index in [1.54, 1.807) is 0 Å². The lowest BCUT2D eigenvalue weighted by Crippen LogP contribution is -2.42. The van der Waals surface area contributed by atoms with Crippen molar-refractivity contribution in [1.82, 2.24) is 15.5 Å². The van der Waals surface area contributed by atoms with Gasteiger partial charge in [-0.05, 0) is 44.5 Å². The van der Waals surface area contributed by atoms with Crippen LogP contribution in [0.3, 0.4) is 0 Å². The molecule has 7 heteroatoms. The molecule has 2 N–H and O–H groups in total. The van der Waals surface area contributed by atoms with Gasteiger partial charge in [0.2, 0.25) is 0 Å². The highest BCUT2D eigenvalue weighted by molar-refractivity contribution is 14.0. The summed E-state index contributed by atoms with van der Waals surface area (Å²) < 4.78 is 26.8. The minimum Gasteiger partial charge on any atom is -0.357 e. The largest absolute Gasteiger partial charge is 0.357 e. The monoisotopic (exact) mass is 452 g/mol. The Morgan fingerprint density at radius 1 is 1.25 bits per heavy atom. The number of halogens is 3. The smallest absolute Gasteiger partial charge is 0.191 e. The molecule has 0 saturated heterocycles. The van der Waals surface area contributed by atoms with E-state index in [4.69, 9.17) is 0 Å². The molecule has 0 bridgehead atoms. The van der Waals surface area contributed by atoms with Gasteiger partial charge in [0.15, 0.2) is 5.96 Å². The molecule has 1 aromatic carbocycles.